The molecule has 4 heteroatoms. The van der Waals surface area contributed by atoms with E-state index in [1.165, 1.54) is 11.3 Å². The molecule has 2 aromatic heterocycles. The van der Waals surface area contributed by atoms with Gasteiger partial charge in [0.25, 0.3) is 0 Å². The first-order valence-corrected chi connectivity index (χ1v) is 6.95. The second kappa shape index (κ2) is 6.48. The van der Waals surface area contributed by atoms with Crippen molar-refractivity contribution in [3.05, 3.63) is 41.7 Å². The first-order valence-electron chi connectivity index (χ1n) is 6.95. The fraction of sp³-hybridized carbons (Fsp3) is 0.467. The Morgan fingerprint density at radius 3 is 2.84 bits per heavy atom. The molecule has 1 N–H and O–H groups in total. The van der Waals surface area contributed by atoms with Gasteiger partial charge in [0.2, 0.25) is 0 Å². The van der Waals surface area contributed by atoms with E-state index in [0.29, 0.717) is 0 Å². The minimum absolute atomic E-state index is 0.836. The molecule has 2 aromatic rings. The van der Waals surface area contributed by atoms with Crippen molar-refractivity contribution in [1.29, 1.82) is 0 Å². The van der Waals surface area contributed by atoms with Crippen molar-refractivity contribution < 1.29 is 0 Å². The van der Waals surface area contributed by atoms with E-state index in [1.807, 2.05) is 25.5 Å². The molecular weight excluding hydrogens is 236 g/mol. The van der Waals surface area contributed by atoms with Crippen molar-refractivity contribution in [2.45, 2.75) is 40.2 Å². The lowest BCUT2D eigenvalue weighted by atomic mass is 10.2. The van der Waals surface area contributed by atoms with E-state index in [-0.39, 0.29) is 0 Å². The molecule has 0 saturated heterocycles. The summed E-state index contributed by atoms with van der Waals surface area (Å²) >= 11 is 0. The van der Waals surface area contributed by atoms with E-state index in [2.05, 4.69) is 39.8 Å². The number of aryl methyl sites for hydroxylation is 2. The Labute approximate surface area is 114 Å². The quantitative estimate of drug-likeness (QED) is 0.866. The van der Waals surface area contributed by atoms with E-state index >= 15 is 0 Å². The van der Waals surface area contributed by atoms with Crippen LogP contribution in [0.4, 0.5) is 0 Å². The Balaban J connectivity index is 2.40. The molecule has 0 unspecified atom stereocenters. The molecule has 102 valence electrons. The number of rotatable bonds is 6. The van der Waals surface area contributed by atoms with E-state index in [0.717, 1.165) is 37.4 Å². The van der Waals surface area contributed by atoms with Gasteiger partial charge in [0.1, 0.15) is 5.82 Å². The SMILES string of the molecule is CCCc1nccn1-c1cc(C)ncc1CNCC. The molecular formula is C15H22N4. The smallest absolute Gasteiger partial charge is 0.113 e. The zero-order valence-electron chi connectivity index (χ0n) is 12.0. The molecule has 4 nitrogen and oxygen atoms in total. The van der Waals surface area contributed by atoms with Crippen LogP contribution in [0.15, 0.2) is 24.7 Å². The molecule has 0 bridgehead atoms. The predicted octanol–water partition coefficient (Wildman–Crippen LogP) is 2.64. The molecule has 0 amide bonds. The van der Waals surface area contributed by atoms with Crippen molar-refractivity contribution in [3.8, 4) is 5.69 Å². The Bertz CT molecular complexity index is 531. The maximum Gasteiger partial charge on any atom is 0.113 e. The minimum Gasteiger partial charge on any atom is -0.313 e. The maximum atomic E-state index is 4.46. The predicted molar refractivity (Wildman–Crippen MR) is 77.5 cm³/mol. The molecule has 2 heterocycles. The van der Waals surface area contributed by atoms with Gasteiger partial charge >= 0.3 is 0 Å². The molecule has 0 aliphatic heterocycles. The van der Waals surface area contributed by atoms with E-state index < -0.39 is 0 Å². The summed E-state index contributed by atoms with van der Waals surface area (Å²) in [6.07, 6.45) is 7.97. The van der Waals surface area contributed by atoms with E-state index in [4.69, 9.17) is 0 Å². The Hall–Kier alpha value is -1.68. The van der Waals surface area contributed by atoms with Crippen LogP contribution < -0.4 is 5.32 Å². The molecule has 0 atom stereocenters. The van der Waals surface area contributed by atoms with Crippen LogP contribution in [0.1, 0.15) is 37.4 Å². The monoisotopic (exact) mass is 258 g/mol. The van der Waals surface area contributed by atoms with Gasteiger partial charge in [-0.3, -0.25) is 4.98 Å². The molecule has 2 rings (SSSR count). The van der Waals surface area contributed by atoms with Gasteiger partial charge in [-0.2, -0.15) is 0 Å². The number of nitrogens with one attached hydrogen (secondary N) is 1. The van der Waals surface area contributed by atoms with Crippen molar-refractivity contribution in [1.82, 2.24) is 19.9 Å². The standard InChI is InChI=1S/C15H22N4/c1-4-6-15-17-7-8-19(15)14-9-12(3)18-11-13(14)10-16-5-2/h7-9,11,16H,4-6,10H2,1-3H3. The van der Waals surface area contributed by atoms with Gasteiger partial charge in [-0.15, -0.1) is 0 Å². The van der Waals surface area contributed by atoms with Gasteiger partial charge in [-0.1, -0.05) is 13.8 Å². The topological polar surface area (TPSA) is 42.7 Å². The lowest BCUT2D eigenvalue weighted by molar-refractivity contribution is 0.714. The van der Waals surface area contributed by atoms with Gasteiger partial charge in [0.15, 0.2) is 0 Å². The lowest BCUT2D eigenvalue weighted by Gasteiger charge is -2.13. The van der Waals surface area contributed by atoms with E-state index in [9.17, 15) is 0 Å². The Morgan fingerprint density at radius 1 is 1.26 bits per heavy atom. The molecule has 0 saturated carbocycles. The first kappa shape index (κ1) is 13.7. The van der Waals surface area contributed by atoms with Crippen LogP contribution in [0.3, 0.4) is 0 Å². The Morgan fingerprint density at radius 2 is 2.11 bits per heavy atom. The van der Waals surface area contributed by atoms with Gasteiger partial charge < -0.3 is 9.88 Å². The second-order valence-electron chi connectivity index (χ2n) is 4.70. The zero-order valence-corrected chi connectivity index (χ0v) is 12.0. The number of nitrogens with zero attached hydrogens (tertiary/aromatic N) is 3. The van der Waals surface area contributed by atoms with Crippen LogP contribution in [0.2, 0.25) is 0 Å². The van der Waals surface area contributed by atoms with Crippen molar-refractivity contribution in [2.24, 2.45) is 0 Å². The minimum atomic E-state index is 0.836. The van der Waals surface area contributed by atoms with Gasteiger partial charge in [0.05, 0.1) is 5.69 Å². The average molecular weight is 258 g/mol. The summed E-state index contributed by atoms with van der Waals surface area (Å²) in [4.78, 5) is 8.86. The first-order chi connectivity index (χ1) is 9.26. The van der Waals surface area contributed by atoms with Gasteiger partial charge in [-0.05, 0) is 26.0 Å². The zero-order chi connectivity index (χ0) is 13.7. The van der Waals surface area contributed by atoms with Crippen LogP contribution in [0.25, 0.3) is 5.69 Å². The van der Waals surface area contributed by atoms with Gasteiger partial charge in [-0.25, -0.2) is 4.98 Å². The van der Waals surface area contributed by atoms with Crippen molar-refractivity contribution in [2.75, 3.05) is 6.54 Å². The van der Waals surface area contributed by atoms with E-state index in [1.54, 1.807) is 0 Å². The summed E-state index contributed by atoms with van der Waals surface area (Å²) in [5.74, 6) is 1.12. The summed E-state index contributed by atoms with van der Waals surface area (Å²) in [7, 11) is 0. The summed E-state index contributed by atoms with van der Waals surface area (Å²) < 4.78 is 2.19. The normalized spacial score (nSPS) is 10.9. The highest BCUT2D eigenvalue weighted by Crippen LogP contribution is 2.17. The molecule has 19 heavy (non-hydrogen) atoms. The molecule has 0 aliphatic rings. The van der Waals surface area contributed by atoms with Crippen LogP contribution in [-0.4, -0.2) is 21.1 Å². The van der Waals surface area contributed by atoms with Crippen LogP contribution in [-0.2, 0) is 13.0 Å². The fourth-order valence-electron chi connectivity index (χ4n) is 2.16. The average Bonchev–Trinajstić information content (AvgIpc) is 2.86. The summed E-state index contributed by atoms with van der Waals surface area (Å²) in [5.41, 5.74) is 3.43. The summed E-state index contributed by atoms with van der Waals surface area (Å²) in [6.45, 7) is 8.11. The number of aromatic nitrogens is 3. The number of hydrogen-bond donors (Lipinski definition) is 1. The highest BCUT2D eigenvalue weighted by Gasteiger charge is 2.09. The number of imidazole rings is 1. The van der Waals surface area contributed by atoms with Crippen molar-refractivity contribution >= 4 is 0 Å². The number of hydrogen-bond acceptors (Lipinski definition) is 3. The molecule has 0 aromatic carbocycles. The summed E-state index contributed by atoms with van der Waals surface area (Å²) in [6, 6.07) is 2.13. The van der Waals surface area contributed by atoms with Crippen LogP contribution >= 0.6 is 0 Å². The van der Waals surface area contributed by atoms with Crippen LogP contribution in [0, 0.1) is 6.92 Å². The molecule has 0 spiro atoms. The third-order valence-corrected chi connectivity index (χ3v) is 3.11. The summed E-state index contributed by atoms with van der Waals surface area (Å²) in [5, 5.41) is 3.36. The lowest BCUT2D eigenvalue weighted by Crippen LogP contribution is -2.15. The Kier molecular flexibility index (Phi) is 4.68. The third kappa shape index (κ3) is 3.20. The molecule has 0 aliphatic carbocycles. The highest BCUT2D eigenvalue weighted by atomic mass is 15.1. The van der Waals surface area contributed by atoms with Crippen molar-refractivity contribution in [3.63, 3.8) is 0 Å². The largest absolute Gasteiger partial charge is 0.313 e. The van der Waals surface area contributed by atoms with Gasteiger partial charge in [0, 0.05) is 42.8 Å². The maximum absolute atomic E-state index is 4.46. The second-order valence-corrected chi connectivity index (χ2v) is 4.70. The molecule has 0 radical (unpaired) electrons. The highest BCUT2D eigenvalue weighted by molar-refractivity contribution is 5.42. The van der Waals surface area contributed by atoms with Crippen LogP contribution in [0.5, 0.6) is 0 Å². The third-order valence-electron chi connectivity index (χ3n) is 3.11. The molecule has 0 fully saturated rings. The fourth-order valence-corrected chi connectivity index (χ4v) is 2.16. The number of pyridine rings is 1.